The molecule has 2 atom stereocenters. The van der Waals surface area contributed by atoms with Crippen LogP contribution >= 0.6 is 23.5 Å². The van der Waals surface area contributed by atoms with Gasteiger partial charge < -0.3 is 10.1 Å². The van der Waals surface area contributed by atoms with E-state index in [9.17, 15) is 0 Å². The van der Waals surface area contributed by atoms with Crippen LogP contribution in [0.1, 0.15) is 19.8 Å². The monoisotopic (exact) mass is 259 g/mol. The van der Waals surface area contributed by atoms with Gasteiger partial charge in [0.05, 0.1) is 12.9 Å². The number of thioether (sulfide) groups is 2. The zero-order valence-corrected chi connectivity index (χ0v) is 11.5. The second-order valence-electron chi connectivity index (χ2n) is 4.19. The second-order valence-corrected chi connectivity index (χ2v) is 6.68. The summed E-state index contributed by atoms with van der Waals surface area (Å²) in [6.45, 7) is 4.14. The summed E-state index contributed by atoms with van der Waals surface area (Å²) in [5.41, 5.74) is 1.48. The van der Waals surface area contributed by atoms with Crippen LogP contribution in [0.25, 0.3) is 0 Å². The molecule has 92 valence electrons. The molecule has 0 aromatic rings. The van der Waals surface area contributed by atoms with Gasteiger partial charge in [-0.2, -0.15) is 23.5 Å². The lowest BCUT2D eigenvalue weighted by Crippen LogP contribution is -2.43. The van der Waals surface area contributed by atoms with Crippen molar-refractivity contribution in [3.63, 3.8) is 0 Å². The van der Waals surface area contributed by atoms with Crippen LogP contribution in [0.4, 0.5) is 0 Å². The number of ether oxygens (including phenoxy) is 1. The molecule has 4 heteroatoms. The van der Waals surface area contributed by atoms with E-state index in [1.807, 2.05) is 6.26 Å². The molecule has 2 aliphatic rings. The number of rotatable bonds is 4. The summed E-state index contributed by atoms with van der Waals surface area (Å²) in [5.74, 6) is 3.89. The molecule has 1 fully saturated rings. The lowest BCUT2D eigenvalue weighted by atomic mass is 9.99. The Balaban J connectivity index is 1.99. The highest BCUT2D eigenvalue weighted by molar-refractivity contribution is 8.06. The van der Waals surface area contributed by atoms with E-state index in [0.717, 1.165) is 18.4 Å². The minimum Gasteiger partial charge on any atom is -0.501 e. The number of likely N-dealkylation sites (N-methyl/N-ethyl adjacent to an activating group) is 1. The van der Waals surface area contributed by atoms with Crippen molar-refractivity contribution in [2.24, 2.45) is 0 Å². The van der Waals surface area contributed by atoms with E-state index in [0.29, 0.717) is 6.04 Å². The first-order chi connectivity index (χ1) is 7.92. The van der Waals surface area contributed by atoms with Crippen molar-refractivity contribution in [3.8, 4) is 0 Å². The second kappa shape index (κ2) is 6.82. The van der Waals surface area contributed by atoms with Crippen LogP contribution in [0.3, 0.4) is 0 Å². The molecule has 2 nitrogen and oxygen atoms in total. The molecule has 2 aliphatic heterocycles. The fourth-order valence-corrected chi connectivity index (χ4v) is 5.12. The largest absolute Gasteiger partial charge is 0.501 e. The van der Waals surface area contributed by atoms with E-state index in [2.05, 4.69) is 35.8 Å². The minimum absolute atomic E-state index is 0.531. The molecular weight excluding hydrogens is 238 g/mol. The van der Waals surface area contributed by atoms with Gasteiger partial charge in [-0.25, -0.2) is 0 Å². The summed E-state index contributed by atoms with van der Waals surface area (Å²) in [4.78, 5) is 0. The summed E-state index contributed by atoms with van der Waals surface area (Å²) >= 11 is 4.22. The van der Waals surface area contributed by atoms with Gasteiger partial charge in [0, 0.05) is 28.6 Å². The molecule has 1 saturated heterocycles. The molecule has 16 heavy (non-hydrogen) atoms. The Morgan fingerprint density at radius 1 is 1.56 bits per heavy atom. The Morgan fingerprint density at radius 2 is 2.50 bits per heavy atom. The molecule has 0 amide bonds. The molecule has 0 spiro atoms. The van der Waals surface area contributed by atoms with Crippen LogP contribution < -0.4 is 5.32 Å². The maximum absolute atomic E-state index is 5.48. The molecule has 0 radical (unpaired) electrons. The van der Waals surface area contributed by atoms with E-state index >= 15 is 0 Å². The third kappa shape index (κ3) is 3.34. The number of hydrogen-bond donors (Lipinski definition) is 1. The Kier molecular flexibility index (Phi) is 5.39. The molecule has 0 aromatic carbocycles. The van der Waals surface area contributed by atoms with E-state index < -0.39 is 0 Å². The van der Waals surface area contributed by atoms with Gasteiger partial charge in [-0.1, -0.05) is 6.92 Å². The average Bonchev–Trinajstić information content (AvgIpc) is 2.38. The molecule has 0 aliphatic carbocycles. The maximum Gasteiger partial charge on any atom is 0.0876 e. The van der Waals surface area contributed by atoms with Gasteiger partial charge in [0.15, 0.2) is 0 Å². The van der Waals surface area contributed by atoms with Gasteiger partial charge in [0.25, 0.3) is 0 Å². The fraction of sp³-hybridized carbons (Fsp3) is 0.833. The maximum atomic E-state index is 5.48. The van der Waals surface area contributed by atoms with Gasteiger partial charge in [-0.3, -0.25) is 0 Å². The van der Waals surface area contributed by atoms with Gasteiger partial charge in [-0.15, -0.1) is 0 Å². The van der Waals surface area contributed by atoms with Crippen molar-refractivity contribution in [1.82, 2.24) is 5.32 Å². The lowest BCUT2D eigenvalue weighted by molar-refractivity contribution is 0.219. The van der Waals surface area contributed by atoms with Crippen LogP contribution in [0.5, 0.6) is 0 Å². The molecular formula is C12H21NOS2. The smallest absolute Gasteiger partial charge is 0.0876 e. The van der Waals surface area contributed by atoms with Gasteiger partial charge in [0.1, 0.15) is 0 Å². The highest BCUT2D eigenvalue weighted by atomic mass is 32.2. The minimum atomic E-state index is 0.531. The predicted molar refractivity (Wildman–Crippen MR) is 74.3 cm³/mol. The first kappa shape index (κ1) is 12.7. The Hall–Kier alpha value is 0.200. The molecule has 0 aromatic heterocycles. The van der Waals surface area contributed by atoms with Crippen molar-refractivity contribution < 1.29 is 4.74 Å². The van der Waals surface area contributed by atoms with Gasteiger partial charge in [-0.05, 0) is 25.0 Å². The quantitative estimate of drug-likeness (QED) is 0.837. The summed E-state index contributed by atoms with van der Waals surface area (Å²) < 4.78 is 5.48. The Bertz CT molecular complexity index is 239. The van der Waals surface area contributed by atoms with Gasteiger partial charge >= 0.3 is 0 Å². The van der Waals surface area contributed by atoms with Gasteiger partial charge in [0.2, 0.25) is 0 Å². The van der Waals surface area contributed by atoms with E-state index in [1.165, 1.54) is 35.7 Å². The van der Waals surface area contributed by atoms with E-state index in [-0.39, 0.29) is 0 Å². The summed E-state index contributed by atoms with van der Waals surface area (Å²) in [6.07, 6.45) is 4.40. The normalized spacial score (nSPS) is 28.1. The van der Waals surface area contributed by atoms with Crippen LogP contribution in [-0.2, 0) is 4.74 Å². The lowest BCUT2D eigenvalue weighted by Gasteiger charge is -2.32. The van der Waals surface area contributed by atoms with Crippen molar-refractivity contribution in [2.75, 3.05) is 30.4 Å². The zero-order chi connectivity index (χ0) is 11.2. The average molecular weight is 259 g/mol. The highest BCUT2D eigenvalue weighted by Gasteiger charge is 2.27. The first-order valence-electron chi connectivity index (χ1n) is 6.15. The van der Waals surface area contributed by atoms with E-state index in [4.69, 9.17) is 4.74 Å². The van der Waals surface area contributed by atoms with Crippen molar-refractivity contribution in [2.45, 2.75) is 31.1 Å². The predicted octanol–water partition coefficient (Wildman–Crippen LogP) is 2.51. The summed E-state index contributed by atoms with van der Waals surface area (Å²) in [7, 11) is 0. The summed E-state index contributed by atoms with van der Waals surface area (Å²) in [6, 6.07) is 0.531. The Labute approximate surface area is 107 Å². The van der Waals surface area contributed by atoms with Crippen molar-refractivity contribution >= 4 is 23.5 Å². The SMILES string of the molecule is CCNC(C1=COCCC1)C1CSCCS1. The highest BCUT2D eigenvalue weighted by Crippen LogP contribution is 2.31. The van der Waals surface area contributed by atoms with Crippen LogP contribution in [0.2, 0.25) is 0 Å². The molecule has 2 unspecified atom stereocenters. The standard InChI is InChI=1S/C12H21NOS2/c1-2-13-12(10-4-3-5-14-8-10)11-9-15-6-7-16-11/h8,11-13H,2-7,9H2,1H3. The van der Waals surface area contributed by atoms with E-state index in [1.54, 1.807) is 0 Å². The molecule has 2 rings (SSSR count). The van der Waals surface area contributed by atoms with Crippen molar-refractivity contribution in [1.29, 1.82) is 0 Å². The topological polar surface area (TPSA) is 21.3 Å². The number of nitrogens with one attached hydrogen (secondary N) is 1. The zero-order valence-electron chi connectivity index (χ0n) is 9.91. The first-order valence-corrected chi connectivity index (χ1v) is 8.35. The van der Waals surface area contributed by atoms with Crippen LogP contribution in [-0.4, -0.2) is 41.7 Å². The third-order valence-electron chi connectivity index (χ3n) is 3.00. The molecule has 0 bridgehead atoms. The van der Waals surface area contributed by atoms with Crippen LogP contribution in [0, 0.1) is 0 Å². The summed E-state index contributed by atoms with van der Waals surface area (Å²) in [5, 5.41) is 4.37. The third-order valence-corrected chi connectivity index (χ3v) is 5.86. The number of hydrogen-bond acceptors (Lipinski definition) is 4. The van der Waals surface area contributed by atoms with Crippen LogP contribution in [0.15, 0.2) is 11.8 Å². The Morgan fingerprint density at radius 3 is 3.12 bits per heavy atom. The molecule has 0 saturated carbocycles. The molecule has 1 N–H and O–H groups in total. The fourth-order valence-electron chi connectivity index (χ4n) is 2.23. The van der Waals surface area contributed by atoms with Crippen molar-refractivity contribution in [3.05, 3.63) is 11.8 Å². The molecule has 2 heterocycles.